The van der Waals surface area contributed by atoms with Gasteiger partial charge in [-0.1, -0.05) is 13.3 Å². The number of nitrogens with zero attached hydrogens (tertiary/aromatic N) is 1. The smallest absolute Gasteiger partial charge is 0.254 e. The highest BCUT2D eigenvalue weighted by Crippen LogP contribution is 2.17. The van der Waals surface area contributed by atoms with E-state index in [4.69, 9.17) is 10.5 Å². The van der Waals surface area contributed by atoms with Crippen molar-refractivity contribution >= 4 is 28.5 Å². The van der Waals surface area contributed by atoms with Crippen LogP contribution in [0.1, 0.15) is 30.1 Å². The molecule has 0 radical (unpaired) electrons. The number of pyridine rings is 1. The Bertz CT molecular complexity index is 355. The zero-order chi connectivity index (χ0) is 11.3. The molecule has 0 saturated heterocycles. The Labute approximate surface area is 102 Å². The highest BCUT2D eigenvalue weighted by molar-refractivity contribution is 14.1. The molecule has 0 aromatic carbocycles. The molecule has 0 aliphatic carbocycles. The van der Waals surface area contributed by atoms with Crippen molar-refractivity contribution in [3.63, 3.8) is 0 Å². The van der Waals surface area contributed by atoms with Gasteiger partial charge in [0.2, 0.25) is 5.88 Å². The lowest BCUT2D eigenvalue weighted by Gasteiger charge is -2.07. The maximum Gasteiger partial charge on any atom is 0.254 e. The van der Waals surface area contributed by atoms with Crippen LogP contribution in [0.5, 0.6) is 5.88 Å². The third kappa shape index (κ3) is 3.65. The minimum absolute atomic E-state index is 0.330. The molecule has 0 spiro atoms. The Morgan fingerprint density at radius 3 is 3.00 bits per heavy atom. The Kier molecular flexibility index (Phi) is 4.80. The van der Waals surface area contributed by atoms with Crippen molar-refractivity contribution in [1.82, 2.24) is 4.98 Å². The Morgan fingerprint density at radius 1 is 1.67 bits per heavy atom. The van der Waals surface area contributed by atoms with Gasteiger partial charge in [0.1, 0.15) is 5.56 Å². The second-order valence-electron chi connectivity index (χ2n) is 3.07. The van der Waals surface area contributed by atoms with Crippen LogP contribution in [-0.2, 0) is 0 Å². The van der Waals surface area contributed by atoms with Gasteiger partial charge in [-0.3, -0.25) is 4.79 Å². The van der Waals surface area contributed by atoms with Gasteiger partial charge in [0.25, 0.3) is 5.91 Å². The van der Waals surface area contributed by atoms with Gasteiger partial charge < -0.3 is 10.5 Å². The van der Waals surface area contributed by atoms with Gasteiger partial charge in [0.05, 0.1) is 6.61 Å². The Hall–Kier alpha value is -0.850. The van der Waals surface area contributed by atoms with Crippen LogP contribution in [-0.4, -0.2) is 17.5 Å². The molecule has 0 bridgehead atoms. The standard InChI is InChI=1S/C10H13IN2O2/c1-2-3-4-15-10-8(9(12)14)5-7(11)6-13-10/h5-6H,2-4H2,1H3,(H2,12,14). The van der Waals surface area contributed by atoms with Gasteiger partial charge >= 0.3 is 0 Å². The number of amides is 1. The fourth-order valence-electron chi connectivity index (χ4n) is 1.03. The highest BCUT2D eigenvalue weighted by atomic mass is 127. The van der Waals surface area contributed by atoms with Gasteiger partial charge in [-0.2, -0.15) is 0 Å². The van der Waals surface area contributed by atoms with Crippen LogP contribution < -0.4 is 10.5 Å². The minimum Gasteiger partial charge on any atom is -0.477 e. The summed E-state index contributed by atoms with van der Waals surface area (Å²) in [6.07, 6.45) is 3.62. The van der Waals surface area contributed by atoms with E-state index in [2.05, 4.69) is 34.5 Å². The maximum atomic E-state index is 11.1. The molecule has 1 amide bonds. The zero-order valence-corrected chi connectivity index (χ0v) is 10.7. The molecule has 0 atom stereocenters. The average molecular weight is 320 g/mol. The molecule has 0 fully saturated rings. The molecule has 5 heteroatoms. The van der Waals surface area contributed by atoms with Crippen molar-refractivity contribution in [3.05, 3.63) is 21.4 Å². The summed E-state index contributed by atoms with van der Waals surface area (Å²) in [6.45, 7) is 2.63. The average Bonchev–Trinajstić information content (AvgIpc) is 2.20. The molecule has 2 N–H and O–H groups in total. The second kappa shape index (κ2) is 5.89. The lowest BCUT2D eigenvalue weighted by Crippen LogP contribution is -2.14. The van der Waals surface area contributed by atoms with E-state index in [0.29, 0.717) is 18.1 Å². The van der Waals surface area contributed by atoms with E-state index in [0.717, 1.165) is 16.4 Å². The molecular weight excluding hydrogens is 307 g/mol. The largest absolute Gasteiger partial charge is 0.477 e. The summed E-state index contributed by atoms with van der Waals surface area (Å²) in [4.78, 5) is 15.1. The second-order valence-corrected chi connectivity index (χ2v) is 4.32. The van der Waals surface area contributed by atoms with Gasteiger partial charge in [-0.05, 0) is 35.1 Å². The minimum atomic E-state index is -0.507. The Balaban J connectivity index is 2.81. The van der Waals surface area contributed by atoms with Gasteiger partial charge in [0, 0.05) is 9.77 Å². The van der Waals surface area contributed by atoms with Crippen LogP contribution in [0.25, 0.3) is 0 Å². The molecule has 0 aliphatic heterocycles. The lowest BCUT2D eigenvalue weighted by molar-refractivity contribution is 0.0995. The number of carbonyl (C=O) groups is 1. The third-order valence-electron chi connectivity index (χ3n) is 1.82. The SMILES string of the molecule is CCCCOc1ncc(I)cc1C(N)=O. The van der Waals surface area contributed by atoms with E-state index in [-0.39, 0.29) is 0 Å². The van der Waals surface area contributed by atoms with E-state index in [1.165, 1.54) is 0 Å². The molecule has 1 rings (SSSR count). The molecule has 0 unspecified atom stereocenters. The van der Waals surface area contributed by atoms with Crippen LogP contribution in [0.2, 0.25) is 0 Å². The molecule has 1 aromatic heterocycles. The van der Waals surface area contributed by atoms with Crippen molar-refractivity contribution < 1.29 is 9.53 Å². The first-order chi connectivity index (χ1) is 7.15. The lowest BCUT2D eigenvalue weighted by atomic mass is 10.2. The number of nitrogens with two attached hydrogens (primary N) is 1. The van der Waals surface area contributed by atoms with Gasteiger partial charge in [0.15, 0.2) is 0 Å². The van der Waals surface area contributed by atoms with E-state index in [1.807, 2.05) is 0 Å². The van der Waals surface area contributed by atoms with E-state index in [9.17, 15) is 4.79 Å². The number of ether oxygens (including phenoxy) is 1. The summed E-state index contributed by atoms with van der Waals surface area (Å²) >= 11 is 2.07. The number of halogens is 1. The number of hydrogen-bond acceptors (Lipinski definition) is 3. The number of carbonyl (C=O) groups excluding carboxylic acids is 1. The van der Waals surface area contributed by atoms with Crippen molar-refractivity contribution in [2.75, 3.05) is 6.61 Å². The first kappa shape index (κ1) is 12.2. The van der Waals surface area contributed by atoms with Crippen LogP contribution in [0, 0.1) is 3.57 Å². The predicted molar refractivity (Wildman–Crippen MR) is 65.9 cm³/mol. The number of aromatic nitrogens is 1. The van der Waals surface area contributed by atoms with E-state index >= 15 is 0 Å². The van der Waals surface area contributed by atoms with E-state index < -0.39 is 5.91 Å². The molecule has 4 nitrogen and oxygen atoms in total. The molecular formula is C10H13IN2O2. The molecule has 15 heavy (non-hydrogen) atoms. The summed E-state index contributed by atoms with van der Waals surface area (Å²) in [5.74, 6) is -0.177. The first-order valence-corrected chi connectivity index (χ1v) is 5.81. The van der Waals surface area contributed by atoms with Crippen LogP contribution >= 0.6 is 22.6 Å². The number of primary amides is 1. The van der Waals surface area contributed by atoms with Crippen molar-refractivity contribution in [1.29, 1.82) is 0 Å². The maximum absolute atomic E-state index is 11.1. The quantitative estimate of drug-likeness (QED) is 0.666. The van der Waals surface area contributed by atoms with Crippen LogP contribution in [0.3, 0.4) is 0 Å². The predicted octanol–water partition coefficient (Wildman–Crippen LogP) is 1.96. The van der Waals surface area contributed by atoms with Gasteiger partial charge in [-0.25, -0.2) is 4.98 Å². The topological polar surface area (TPSA) is 65.2 Å². The summed E-state index contributed by atoms with van der Waals surface area (Å²) in [7, 11) is 0. The Morgan fingerprint density at radius 2 is 2.40 bits per heavy atom. The normalized spacial score (nSPS) is 10.0. The zero-order valence-electron chi connectivity index (χ0n) is 8.50. The molecule has 82 valence electrons. The summed E-state index contributed by atoms with van der Waals surface area (Å²) < 4.78 is 6.24. The van der Waals surface area contributed by atoms with Crippen LogP contribution in [0.15, 0.2) is 12.3 Å². The van der Waals surface area contributed by atoms with Crippen molar-refractivity contribution in [3.8, 4) is 5.88 Å². The summed E-state index contributed by atoms with van der Waals surface area (Å²) in [5.41, 5.74) is 5.57. The van der Waals surface area contributed by atoms with Gasteiger partial charge in [-0.15, -0.1) is 0 Å². The summed E-state index contributed by atoms with van der Waals surface area (Å²) in [6, 6.07) is 1.68. The first-order valence-electron chi connectivity index (χ1n) is 4.73. The fourth-order valence-corrected chi connectivity index (χ4v) is 1.48. The molecule has 1 aromatic rings. The third-order valence-corrected chi connectivity index (χ3v) is 2.41. The number of rotatable bonds is 5. The molecule has 0 aliphatic rings. The molecule has 0 saturated carbocycles. The van der Waals surface area contributed by atoms with Crippen molar-refractivity contribution in [2.45, 2.75) is 19.8 Å². The van der Waals surface area contributed by atoms with E-state index in [1.54, 1.807) is 12.3 Å². The monoisotopic (exact) mass is 320 g/mol. The summed E-state index contributed by atoms with van der Waals surface area (Å²) in [5, 5.41) is 0. The number of unbranched alkanes of at least 4 members (excludes halogenated alkanes) is 1. The van der Waals surface area contributed by atoms with Crippen molar-refractivity contribution in [2.24, 2.45) is 5.73 Å². The fraction of sp³-hybridized carbons (Fsp3) is 0.400. The number of hydrogen-bond donors (Lipinski definition) is 1. The molecule has 1 heterocycles. The van der Waals surface area contributed by atoms with Crippen LogP contribution in [0.4, 0.5) is 0 Å². The highest BCUT2D eigenvalue weighted by Gasteiger charge is 2.11.